The highest BCUT2D eigenvalue weighted by Crippen LogP contribution is 2.46. The van der Waals surface area contributed by atoms with Gasteiger partial charge in [0, 0.05) is 17.2 Å². The zero-order valence-corrected chi connectivity index (χ0v) is 18.1. The zero-order chi connectivity index (χ0) is 24.5. The molecule has 1 saturated carbocycles. The van der Waals surface area contributed by atoms with E-state index in [1.165, 1.54) is 18.5 Å². The number of benzene rings is 1. The minimum atomic E-state index is -4.66. The maximum atomic E-state index is 13.2. The van der Waals surface area contributed by atoms with Crippen molar-refractivity contribution in [2.24, 2.45) is 5.41 Å². The van der Waals surface area contributed by atoms with Crippen molar-refractivity contribution in [3.8, 4) is 11.3 Å². The van der Waals surface area contributed by atoms with E-state index < -0.39 is 36.2 Å². The van der Waals surface area contributed by atoms with Crippen LogP contribution in [-0.4, -0.2) is 45.1 Å². The molecule has 1 fully saturated rings. The first-order chi connectivity index (χ1) is 16.0. The van der Waals surface area contributed by atoms with Crippen LogP contribution in [0.3, 0.4) is 0 Å². The molecule has 1 aromatic heterocycles. The van der Waals surface area contributed by atoms with Gasteiger partial charge in [-0.1, -0.05) is 12.1 Å². The average Bonchev–Trinajstić information content (AvgIpc) is 2.72. The number of carbonyl (C=O) groups excluding carboxylic acids is 2. The summed E-state index contributed by atoms with van der Waals surface area (Å²) in [6, 6.07) is 4.44. The Morgan fingerprint density at radius 3 is 2.53 bits per heavy atom. The van der Waals surface area contributed by atoms with Gasteiger partial charge >= 0.3 is 18.2 Å². The number of hydrogen-bond acceptors (Lipinski definition) is 5. The lowest BCUT2D eigenvalue weighted by Gasteiger charge is -2.36. The molecule has 2 aromatic rings. The van der Waals surface area contributed by atoms with Crippen LogP contribution >= 0.6 is 0 Å². The number of aryl methyl sites for hydroxylation is 1. The molecule has 1 unspecified atom stereocenters. The second-order valence-corrected chi connectivity index (χ2v) is 8.86. The van der Waals surface area contributed by atoms with Gasteiger partial charge in [0.05, 0.1) is 36.3 Å². The number of aliphatic carboxylic acids is 1. The Morgan fingerprint density at radius 1 is 1.18 bits per heavy atom. The summed E-state index contributed by atoms with van der Waals surface area (Å²) < 4.78 is 39.5. The number of fused-ring (bicyclic) bond motifs is 1. The SMILES string of the molecule is O=C(O)CC1(CC(F)(F)F)CCc2cc(-c3cnc(NC(=O)NC4CCC4)cn3)ccc2C1=O. The summed E-state index contributed by atoms with van der Waals surface area (Å²) >= 11 is 0. The van der Waals surface area contributed by atoms with Gasteiger partial charge in [-0.2, -0.15) is 13.2 Å². The highest BCUT2D eigenvalue weighted by molar-refractivity contribution is 6.04. The van der Waals surface area contributed by atoms with Crippen LogP contribution in [0.5, 0.6) is 0 Å². The fourth-order valence-corrected chi connectivity index (χ4v) is 4.46. The van der Waals surface area contributed by atoms with Crippen molar-refractivity contribution in [2.75, 3.05) is 5.32 Å². The third kappa shape index (κ3) is 5.18. The molecule has 2 aliphatic rings. The largest absolute Gasteiger partial charge is 0.481 e. The van der Waals surface area contributed by atoms with Crippen LogP contribution in [0.15, 0.2) is 30.6 Å². The van der Waals surface area contributed by atoms with Crippen molar-refractivity contribution in [3.05, 3.63) is 41.7 Å². The lowest BCUT2D eigenvalue weighted by Crippen LogP contribution is -2.42. The molecule has 1 aromatic carbocycles. The Labute approximate surface area is 193 Å². The smallest absolute Gasteiger partial charge is 0.390 e. The molecule has 0 saturated heterocycles. The van der Waals surface area contributed by atoms with E-state index in [1.54, 1.807) is 12.1 Å². The Kier molecular flexibility index (Phi) is 6.28. The van der Waals surface area contributed by atoms with E-state index in [0.29, 0.717) is 16.8 Å². The number of carbonyl (C=O) groups is 3. The van der Waals surface area contributed by atoms with Gasteiger partial charge in [-0.15, -0.1) is 0 Å². The Morgan fingerprint density at radius 2 is 1.94 bits per heavy atom. The van der Waals surface area contributed by atoms with Crippen molar-refractivity contribution < 1.29 is 32.7 Å². The van der Waals surface area contributed by atoms with Crippen molar-refractivity contribution in [2.45, 2.75) is 57.2 Å². The Hall–Kier alpha value is -3.50. The first kappa shape index (κ1) is 23.7. The molecule has 8 nitrogen and oxygen atoms in total. The van der Waals surface area contributed by atoms with Crippen LogP contribution in [0.25, 0.3) is 11.3 Å². The van der Waals surface area contributed by atoms with Gasteiger partial charge in [-0.25, -0.2) is 9.78 Å². The summed E-state index contributed by atoms with van der Waals surface area (Å²) in [5, 5.41) is 14.6. The zero-order valence-electron chi connectivity index (χ0n) is 18.1. The van der Waals surface area contributed by atoms with Gasteiger partial charge in [0.25, 0.3) is 0 Å². The highest BCUT2D eigenvalue weighted by Gasteiger charge is 2.50. The fraction of sp³-hybridized carbons (Fsp3) is 0.435. The van der Waals surface area contributed by atoms with Gasteiger partial charge in [0.15, 0.2) is 11.6 Å². The number of halogens is 3. The van der Waals surface area contributed by atoms with Crippen LogP contribution in [0.2, 0.25) is 0 Å². The van der Waals surface area contributed by atoms with Crippen molar-refractivity contribution in [1.82, 2.24) is 15.3 Å². The van der Waals surface area contributed by atoms with E-state index >= 15 is 0 Å². The highest BCUT2D eigenvalue weighted by atomic mass is 19.4. The summed E-state index contributed by atoms with van der Waals surface area (Å²) in [6.07, 6.45) is -1.26. The number of anilines is 1. The third-order valence-corrected chi connectivity index (χ3v) is 6.36. The normalized spacial score (nSPS) is 20.3. The average molecular weight is 476 g/mol. The van der Waals surface area contributed by atoms with E-state index in [2.05, 4.69) is 20.6 Å². The monoisotopic (exact) mass is 476 g/mol. The minimum absolute atomic E-state index is 0.0967. The molecule has 3 N–H and O–H groups in total. The van der Waals surface area contributed by atoms with E-state index in [0.717, 1.165) is 19.3 Å². The molecule has 2 amide bonds. The number of amides is 2. The van der Waals surface area contributed by atoms with Gasteiger partial charge < -0.3 is 10.4 Å². The van der Waals surface area contributed by atoms with Crippen LogP contribution in [0, 0.1) is 5.41 Å². The van der Waals surface area contributed by atoms with E-state index in [1.807, 2.05) is 0 Å². The van der Waals surface area contributed by atoms with E-state index in [4.69, 9.17) is 5.11 Å². The quantitative estimate of drug-likeness (QED) is 0.570. The summed E-state index contributed by atoms with van der Waals surface area (Å²) in [7, 11) is 0. The number of carboxylic acids is 1. The molecule has 11 heteroatoms. The fourth-order valence-electron chi connectivity index (χ4n) is 4.46. The predicted molar refractivity (Wildman–Crippen MR) is 115 cm³/mol. The maximum absolute atomic E-state index is 13.2. The molecular formula is C23H23F3N4O4. The number of aromatic nitrogens is 2. The number of Topliss-reactive ketones (excluding diaryl/α,β-unsaturated/α-hetero) is 1. The van der Waals surface area contributed by atoms with E-state index in [-0.39, 0.29) is 36.3 Å². The molecule has 2 aliphatic carbocycles. The van der Waals surface area contributed by atoms with Crippen molar-refractivity contribution in [1.29, 1.82) is 0 Å². The number of urea groups is 1. The number of nitrogens with zero attached hydrogens (tertiary/aromatic N) is 2. The second-order valence-electron chi connectivity index (χ2n) is 8.86. The summed E-state index contributed by atoms with van der Waals surface area (Å²) in [4.78, 5) is 44.7. The maximum Gasteiger partial charge on any atom is 0.390 e. The standard InChI is InChI=1S/C23H23F3N4O4/c24-23(25,26)12-22(9-19(31)32)7-6-13-8-14(4-5-16(13)20(22)33)17-10-28-18(11-27-17)30-21(34)29-15-2-1-3-15/h4-5,8,10-11,15H,1-3,6-7,9,12H2,(H,31,32)(H2,28,29,30,34). The molecule has 1 atom stereocenters. The summed E-state index contributed by atoms with van der Waals surface area (Å²) in [6.45, 7) is 0. The Bertz CT molecular complexity index is 1120. The summed E-state index contributed by atoms with van der Waals surface area (Å²) in [5.74, 6) is -1.98. The molecule has 34 heavy (non-hydrogen) atoms. The first-order valence-corrected chi connectivity index (χ1v) is 10.9. The molecule has 4 rings (SSSR count). The number of nitrogens with one attached hydrogen (secondary N) is 2. The summed E-state index contributed by atoms with van der Waals surface area (Å²) in [5.41, 5.74) is -0.316. The Balaban J connectivity index is 1.51. The van der Waals surface area contributed by atoms with E-state index in [9.17, 15) is 27.6 Å². The molecular weight excluding hydrogens is 453 g/mol. The van der Waals surface area contributed by atoms with Gasteiger partial charge in [0.2, 0.25) is 0 Å². The molecule has 0 spiro atoms. The molecule has 0 radical (unpaired) electrons. The second kappa shape index (κ2) is 9.03. The molecule has 0 bridgehead atoms. The lowest BCUT2D eigenvalue weighted by molar-refractivity contribution is -0.160. The number of rotatable bonds is 6. The van der Waals surface area contributed by atoms with Crippen LogP contribution < -0.4 is 10.6 Å². The predicted octanol–water partition coefficient (Wildman–Crippen LogP) is 4.36. The van der Waals surface area contributed by atoms with Crippen molar-refractivity contribution in [3.63, 3.8) is 0 Å². The van der Waals surface area contributed by atoms with Crippen LogP contribution in [0.4, 0.5) is 23.8 Å². The topological polar surface area (TPSA) is 121 Å². The number of hydrogen-bond donors (Lipinski definition) is 3. The van der Waals surface area contributed by atoms with Gasteiger partial charge in [-0.3, -0.25) is 19.9 Å². The van der Waals surface area contributed by atoms with Crippen molar-refractivity contribution >= 4 is 23.6 Å². The van der Waals surface area contributed by atoms with Crippen LogP contribution in [0.1, 0.15) is 54.4 Å². The molecule has 0 aliphatic heterocycles. The van der Waals surface area contributed by atoms with Gasteiger partial charge in [0.1, 0.15) is 0 Å². The van der Waals surface area contributed by atoms with Crippen LogP contribution in [-0.2, 0) is 11.2 Å². The molecule has 180 valence electrons. The number of alkyl halides is 3. The molecule has 1 heterocycles. The van der Waals surface area contributed by atoms with Gasteiger partial charge in [-0.05, 0) is 43.7 Å². The first-order valence-electron chi connectivity index (χ1n) is 10.9. The third-order valence-electron chi connectivity index (χ3n) is 6.36. The number of ketones is 1. The lowest BCUT2D eigenvalue weighted by atomic mass is 9.66. The number of carboxylic acid groups (broad SMARTS) is 1. The minimum Gasteiger partial charge on any atom is -0.481 e.